The molecule has 0 saturated carbocycles. The van der Waals surface area contributed by atoms with Gasteiger partial charge >= 0.3 is 0 Å². The number of nitrogens with two attached hydrogens (primary N) is 1. The van der Waals surface area contributed by atoms with E-state index < -0.39 is 10.0 Å². The molecular formula is C8H9NO5S. The van der Waals surface area contributed by atoms with Crippen molar-refractivity contribution in [3.8, 4) is 17.2 Å². The highest BCUT2D eigenvalue weighted by Crippen LogP contribution is 2.39. The summed E-state index contributed by atoms with van der Waals surface area (Å²) in [5.41, 5.74) is 0. The van der Waals surface area contributed by atoms with Crippen LogP contribution in [0.3, 0.4) is 0 Å². The van der Waals surface area contributed by atoms with E-state index >= 15 is 0 Å². The molecular weight excluding hydrogens is 222 g/mol. The third-order valence-electron chi connectivity index (χ3n) is 1.97. The smallest absolute Gasteiger partial charge is 0.241 e. The van der Waals surface area contributed by atoms with Gasteiger partial charge in [-0.15, -0.1) is 0 Å². The third-order valence-corrected chi connectivity index (χ3v) is 2.90. The molecule has 82 valence electrons. The molecule has 1 aliphatic heterocycles. The molecule has 1 aromatic carbocycles. The standard InChI is InChI=1S/C8H9NO5S/c1-12-7-2-5-6(14-4-13-5)3-8(7)15(9,10)11/h2-3H,4H2,1H3,(H2,9,10,11). The first kappa shape index (κ1) is 10.1. The predicted octanol–water partition coefficient (Wildman–Crippen LogP) is 0.0713. The fraction of sp³-hybridized carbons (Fsp3) is 0.250. The van der Waals surface area contributed by atoms with Crippen molar-refractivity contribution in [3.05, 3.63) is 12.1 Å². The van der Waals surface area contributed by atoms with Crippen molar-refractivity contribution >= 4 is 10.0 Å². The highest BCUT2D eigenvalue weighted by atomic mass is 32.2. The van der Waals surface area contributed by atoms with Gasteiger partial charge in [-0.1, -0.05) is 0 Å². The summed E-state index contributed by atoms with van der Waals surface area (Å²) in [5, 5.41) is 5.02. The summed E-state index contributed by atoms with van der Waals surface area (Å²) in [6.45, 7) is 0.0621. The first-order chi connectivity index (χ1) is 7.02. The lowest BCUT2D eigenvalue weighted by atomic mass is 10.3. The minimum atomic E-state index is -3.83. The van der Waals surface area contributed by atoms with Gasteiger partial charge in [-0.3, -0.25) is 0 Å². The van der Waals surface area contributed by atoms with Crippen LogP contribution in [0.4, 0.5) is 0 Å². The average molecular weight is 231 g/mol. The lowest BCUT2D eigenvalue weighted by Crippen LogP contribution is -2.13. The van der Waals surface area contributed by atoms with Crippen LogP contribution >= 0.6 is 0 Å². The van der Waals surface area contributed by atoms with Gasteiger partial charge in [-0.2, -0.15) is 0 Å². The highest BCUT2D eigenvalue weighted by Gasteiger charge is 2.22. The largest absolute Gasteiger partial charge is 0.495 e. The molecule has 0 unspecified atom stereocenters. The van der Waals surface area contributed by atoms with E-state index in [1.807, 2.05) is 0 Å². The van der Waals surface area contributed by atoms with Crippen molar-refractivity contribution in [2.24, 2.45) is 5.14 Å². The van der Waals surface area contributed by atoms with Crippen LogP contribution in [0.15, 0.2) is 17.0 Å². The maximum Gasteiger partial charge on any atom is 0.241 e. The quantitative estimate of drug-likeness (QED) is 0.778. The summed E-state index contributed by atoms with van der Waals surface area (Å²) in [4.78, 5) is -0.116. The molecule has 0 spiro atoms. The molecule has 1 heterocycles. The summed E-state index contributed by atoms with van der Waals surface area (Å²) < 4.78 is 37.4. The molecule has 0 atom stereocenters. The minimum absolute atomic E-state index is 0.0621. The van der Waals surface area contributed by atoms with Crippen LogP contribution in [0.5, 0.6) is 17.2 Å². The van der Waals surface area contributed by atoms with Crippen LogP contribution < -0.4 is 19.3 Å². The minimum Gasteiger partial charge on any atom is -0.495 e. The molecule has 2 rings (SSSR count). The second kappa shape index (κ2) is 3.28. The maximum atomic E-state index is 11.2. The molecule has 0 radical (unpaired) electrons. The fourth-order valence-corrected chi connectivity index (χ4v) is 1.98. The molecule has 0 aliphatic carbocycles. The van der Waals surface area contributed by atoms with Crippen LogP contribution in [0.25, 0.3) is 0 Å². The molecule has 1 aromatic rings. The second-order valence-electron chi connectivity index (χ2n) is 2.90. The summed E-state index contributed by atoms with van der Waals surface area (Å²) in [6, 6.07) is 2.72. The Morgan fingerprint density at radius 3 is 2.47 bits per heavy atom. The molecule has 0 saturated heterocycles. The molecule has 0 bridgehead atoms. The Hall–Kier alpha value is -1.47. The predicted molar refractivity (Wildman–Crippen MR) is 50.5 cm³/mol. The van der Waals surface area contributed by atoms with Crippen molar-refractivity contribution in [1.82, 2.24) is 0 Å². The normalized spacial score (nSPS) is 14.0. The van der Waals surface area contributed by atoms with Gasteiger partial charge in [0, 0.05) is 12.1 Å². The lowest BCUT2D eigenvalue weighted by Gasteiger charge is -2.07. The van der Waals surface area contributed by atoms with E-state index in [9.17, 15) is 8.42 Å². The van der Waals surface area contributed by atoms with Gasteiger partial charge in [0.25, 0.3) is 0 Å². The number of methoxy groups -OCH3 is 1. The van der Waals surface area contributed by atoms with Gasteiger partial charge in [0.1, 0.15) is 10.6 Å². The third kappa shape index (κ3) is 1.71. The zero-order valence-corrected chi connectivity index (χ0v) is 8.71. The molecule has 15 heavy (non-hydrogen) atoms. The van der Waals surface area contributed by atoms with Gasteiger partial charge in [0.2, 0.25) is 16.8 Å². The summed E-state index contributed by atoms with van der Waals surface area (Å²) in [5.74, 6) is 0.931. The van der Waals surface area contributed by atoms with Crippen molar-refractivity contribution in [2.75, 3.05) is 13.9 Å². The van der Waals surface area contributed by atoms with E-state index in [1.54, 1.807) is 0 Å². The van der Waals surface area contributed by atoms with Gasteiger partial charge < -0.3 is 14.2 Å². The van der Waals surface area contributed by atoms with Crippen LogP contribution in [0, 0.1) is 0 Å². The lowest BCUT2D eigenvalue weighted by molar-refractivity contribution is 0.173. The van der Waals surface area contributed by atoms with E-state index in [2.05, 4.69) is 0 Å². The first-order valence-electron chi connectivity index (χ1n) is 4.03. The zero-order valence-electron chi connectivity index (χ0n) is 7.89. The molecule has 2 N–H and O–H groups in total. The highest BCUT2D eigenvalue weighted by molar-refractivity contribution is 7.89. The van der Waals surface area contributed by atoms with Gasteiger partial charge in [-0.25, -0.2) is 13.6 Å². The maximum absolute atomic E-state index is 11.2. The number of primary sulfonamides is 1. The number of sulfonamides is 1. The van der Waals surface area contributed by atoms with Gasteiger partial charge in [0.05, 0.1) is 7.11 Å². The fourth-order valence-electron chi connectivity index (χ4n) is 1.29. The molecule has 7 heteroatoms. The Bertz CT molecular complexity index is 496. The van der Waals surface area contributed by atoms with E-state index in [0.717, 1.165) is 0 Å². The monoisotopic (exact) mass is 231 g/mol. The van der Waals surface area contributed by atoms with Crippen LogP contribution in [0.1, 0.15) is 0 Å². The molecule has 1 aliphatic rings. The van der Waals surface area contributed by atoms with Crippen LogP contribution in [-0.2, 0) is 10.0 Å². The SMILES string of the molecule is COc1cc2c(cc1S(N)(=O)=O)OCO2. The number of rotatable bonds is 2. The van der Waals surface area contributed by atoms with Gasteiger partial charge in [-0.05, 0) is 0 Å². The van der Waals surface area contributed by atoms with E-state index in [0.29, 0.717) is 11.5 Å². The Balaban J connectivity index is 2.64. The summed E-state index contributed by atoms with van der Waals surface area (Å²) >= 11 is 0. The van der Waals surface area contributed by atoms with Crippen LogP contribution in [0.2, 0.25) is 0 Å². The van der Waals surface area contributed by atoms with Crippen molar-refractivity contribution in [3.63, 3.8) is 0 Å². The number of ether oxygens (including phenoxy) is 3. The summed E-state index contributed by atoms with van der Waals surface area (Å²) in [7, 11) is -2.47. The van der Waals surface area contributed by atoms with Crippen LogP contribution in [-0.4, -0.2) is 22.3 Å². The van der Waals surface area contributed by atoms with E-state index in [-0.39, 0.29) is 17.4 Å². The second-order valence-corrected chi connectivity index (χ2v) is 4.43. The van der Waals surface area contributed by atoms with Gasteiger partial charge in [0.15, 0.2) is 11.5 Å². The van der Waals surface area contributed by atoms with E-state index in [4.69, 9.17) is 19.3 Å². The molecule has 0 aromatic heterocycles. The number of hydrogen-bond donors (Lipinski definition) is 1. The van der Waals surface area contributed by atoms with Crippen molar-refractivity contribution in [2.45, 2.75) is 4.90 Å². The molecule has 6 nitrogen and oxygen atoms in total. The Morgan fingerprint density at radius 1 is 1.33 bits per heavy atom. The summed E-state index contributed by atoms with van der Waals surface area (Å²) in [6.07, 6.45) is 0. The van der Waals surface area contributed by atoms with Crippen molar-refractivity contribution in [1.29, 1.82) is 0 Å². The average Bonchev–Trinajstić information content (AvgIpc) is 2.60. The Labute approximate surface area is 86.6 Å². The number of benzene rings is 1. The topological polar surface area (TPSA) is 87.9 Å². The number of hydrogen-bond acceptors (Lipinski definition) is 5. The molecule has 0 fully saturated rings. The van der Waals surface area contributed by atoms with E-state index in [1.165, 1.54) is 19.2 Å². The molecule has 0 amide bonds. The number of fused-ring (bicyclic) bond motifs is 1. The first-order valence-corrected chi connectivity index (χ1v) is 5.57. The Kier molecular flexibility index (Phi) is 2.20. The Morgan fingerprint density at radius 2 is 1.93 bits per heavy atom. The zero-order chi connectivity index (χ0) is 11.1. The van der Waals surface area contributed by atoms with Crippen molar-refractivity contribution < 1.29 is 22.6 Å².